The number of hydrogen-bond donors (Lipinski definition) is 2. The molecule has 36 heavy (non-hydrogen) atoms. The van der Waals surface area contributed by atoms with Gasteiger partial charge in [-0.25, -0.2) is 16.8 Å². The SMILES string of the molecule is CS(=O)(=O)N1CC(C(=O)Nc2ccc(S(=O)(=O)Nc3cccc(Cl)c3Cl)cc2)Oc2ccc(Cl)cc21. The quantitative estimate of drug-likeness (QED) is 0.432. The van der Waals surface area contributed by atoms with Gasteiger partial charge >= 0.3 is 0 Å². The van der Waals surface area contributed by atoms with Gasteiger partial charge < -0.3 is 10.1 Å². The van der Waals surface area contributed by atoms with Crippen molar-refractivity contribution in [3.63, 3.8) is 0 Å². The Labute approximate surface area is 223 Å². The lowest BCUT2D eigenvalue weighted by Gasteiger charge is -2.34. The summed E-state index contributed by atoms with van der Waals surface area (Å²) in [6.07, 6.45) is -0.148. The van der Waals surface area contributed by atoms with Crippen molar-refractivity contribution in [1.82, 2.24) is 0 Å². The van der Waals surface area contributed by atoms with Crippen LogP contribution in [0.15, 0.2) is 65.6 Å². The predicted molar refractivity (Wildman–Crippen MR) is 140 cm³/mol. The van der Waals surface area contributed by atoms with Crippen LogP contribution in [0.4, 0.5) is 17.1 Å². The molecule has 0 fully saturated rings. The Morgan fingerprint density at radius 1 is 1.00 bits per heavy atom. The third-order valence-corrected chi connectivity index (χ3v) is 8.69. The number of rotatable bonds is 6. The zero-order chi connectivity index (χ0) is 26.3. The molecule has 2 N–H and O–H groups in total. The van der Waals surface area contributed by atoms with E-state index >= 15 is 0 Å². The molecule has 3 aromatic carbocycles. The number of benzene rings is 3. The minimum absolute atomic E-state index is 0.0612. The van der Waals surface area contributed by atoms with Gasteiger partial charge in [0.15, 0.2) is 6.10 Å². The van der Waals surface area contributed by atoms with Crippen LogP contribution < -0.4 is 19.1 Å². The van der Waals surface area contributed by atoms with E-state index in [1.54, 1.807) is 6.07 Å². The summed E-state index contributed by atoms with van der Waals surface area (Å²) in [7, 11) is -7.72. The average Bonchev–Trinajstić information content (AvgIpc) is 2.81. The molecular weight excluding hydrogens is 573 g/mol. The fraction of sp³-hybridized carbons (Fsp3) is 0.136. The van der Waals surface area contributed by atoms with Gasteiger partial charge in [-0.15, -0.1) is 0 Å². The van der Waals surface area contributed by atoms with Crippen molar-refractivity contribution in [2.45, 2.75) is 11.0 Å². The third kappa shape index (κ3) is 5.65. The molecule has 1 aliphatic heterocycles. The van der Waals surface area contributed by atoms with E-state index in [-0.39, 0.29) is 44.3 Å². The first-order valence-corrected chi connectivity index (χ1v) is 14.6. The maximum Gasteiger partial charge on any atom is 0.267 e. The monoisotopic (exact) mass is 589 g/mol. The highest BCUT2D eigenvalue weighted by Crippen LogP contribution is 2.37. The van der Waals surface area contributed by atoms with E-state index in [9.17, 15) is 21.6 Å². The molecule has 1 heterocycles. The van der Waals surface area contributed by atoms with Crippen LogP contribution in [0.1, 0.15) is 0 Å². The lowest BCUT2D eigenvalue weighted by Crippen LogP contribution is -2.48. The number of anilines is 3. The van der Waals surface area contributed by atoms with Crippen LogP contribution in [0.3, 0.4) is 0 Å². The fourth-order valence-electron chi connectivity index (χ4n) is 3.40. The maximum atomic E-state index is 12.9. The highest BCUT2D eigenvalue weighted by Gasteiger charge is 2.35. The number of nitrogens with one attached hydrogen (secondary N) is 2. The summed E-state index contributed by atoms with van der Waals surface area (Å²) in [5, 5.41) is 3.18. The van der Waals surface area contributed by atoms with Crippen LogP contribution in [0.5, 0.6) is 5.75 Å². The second kappa shape index (κ2) is 9.98. The molecule has 0 saturated heterocycles. The largest absolute Gasteiger partial charge is 0.476 e. The lowest BCUT2D eigenvalue weighted by atomic mass is 10.2. The van der Waals surface area contributed by atoms with Crippen LogP contribution in [0, 0.1) is 0 Å². The summed E-state index contributed by atoms with van der Waals surface area (Å²) in [4.78, 5) is 12.8. The second-order valence-corrected chi connectivity index (χ2v) is 12.5. The van der Waals surface area contributed by atoms with Crippen LogP contribution >= 0.6 is 34.8 Å². The molecule has 1 aliphatic rings. The molecule has 0 aliphatic carbocycles. The van der Waals surface area contributed by atoms with Gasteiger partial charge in [-0.1, -0.05) is 40.9 Å². The number of ether oxygens (including phenoxy) is 1. The molecule has 0 radical (unpaired) electrons. The molecule has 1 unspecified atom stereocenters. The van der Waals surface area contributed by atoms with E-state index in [0.717, 1.165) is 10.6 Å². The van der Waals surface area contributed by atoms with E-state index in [4.69, 9.17) is 39.5 Å². The number of carbonyl (C=O) groups is 1. The summed E-state index contributed by atoms with van der Waals surface area (Å²) in [6.45, 7) is -0.269. The minimum atomic E-state index is -3.99. The normalized spacial score (nSPS) is 15.6. The summed E-state index contributed by atoms with van der Waals surface area (Å²) >= 11 is 18.0. The molecule has 4 rings (SSSR count). The van der Waals surface area contributed by atoms with Crippen LogP contribution in [-0.2, 0) is 24.8 Å². The smallest absolute Gasteiger partial charge is 0.267 e. The number of halogens is 3. The fourth-order valence-corrected chi connectivity index (χ4v) is 5.95. The van der Waals surface area contributed by atoms with Crippen LogP contribution in [-0.4, -0.2) is 41.6 Å². The summed E-state index contributed by atoms with van der Waals surface area (Å²) in [5.41, 5.74) is 0.625. The standard InChI is InChI=1S/C22H18Cl3N3O6S2/c1-35(30,31)28-12-20(34-19-10-5-13(23)11-18(19)28)22(29)26-14-6-8-15(9-7-14)36(32,33)27-17-4-2-3-16(24)21(17)25/h2-11,20,27H,12H2,1H3,(H,26,29). The van der Waals surface area contributed by atoms with Gasteiger partial charge in [0, 0.05) is 10.7 Å². The van der Waals surface area contributed by atoms with Crippen molar-refractivity contribution in [3.8, 4) is 5.75 Å². The Morgan fingerprint density at radius 3 is 2.36 bits per heavy atom. The van der Waals surface area contributed by atoms with Crippen molar-refractivity contribution in [2.24, 2.45) is 0 Å². The summed E-state index contributed by atoms with van der Waals surface area (Å²) in [6, 6.07) is 14.3. The molecule has 9 nitrogen and oxygen atoms in total. The molecule has 1 atom stereocenters. The number of hydrogen-bond acceptors (Lipinski definition) is 6. The minimum Gasteiger partial charge on any atom is -0.476 e. The molecule has 3 aromatic rings. The Balaban J connectivity index is 1.50. The first-order chi connectivity index (χ1) is 16.8. The molecule has 0 spiro atoms. The molecule has 14 heteroatoms. The molecule has 0 saturated carbocycles. The van der Waals surface area contributed by atoms with Gasteiger partial charge in [0.05, 0.1) is 39.1 Å². The van der Waals surface area contributed by atoms with E-state index in [2.05, 4.69) is 10.0 Å². The molecule has 0 aromatic heterocycles. The van der Waals surface area contributed by atoms with Gasteiger partial charge in [0.1, 0.15) is 5.75 Å². The van der Waals surface area contributed by atoms with E-state index in [0.29, 0.717) is 5.02 Å². The zero-order valence-corrected chi connectivity index (χ0v) is 22.3. The Morgan fingerprint density at radius 2 is 1.69 bits per heavy atom. The summed E-state index contributed by atoms with van der Waals surface area (Å²) < 4.78 is 59.2. The average molecular weight is 591 g/mol. The molecular formula is C22H18Cl3N3O6S2. The van der Waals surface area contributed by atoms with Gasteiger partial charge in [-0.2, -0.15) is 0 Å². The molecule has 0 bridgehead atoms. The number of nitrogens with zero attached hydrogens (tertiary/aromatic N) is 1. The van der Waals surface area contributed by atoms with Crippen molar-refractivity contribution in [3.05, 3.63) is 75.7 Å². The van der Waals surface area contributed by atoms with E-state index in [1.807, 2.05) is 0 Å². The topological polar surface area (TPSA) is 122 Å². The highest BCUT2D eigenvalue weighted by atomic mass is 35.5. The van der Waals surface area contributed by atoms with Crippen LogP contribution in [0.2, 0.25) is 15.1 Å². The van der Waals surface area contributed by atoms with Gasteiger partial charge in [0.25, 0.3) is 15.9 Å². The predicted octanol–water partition coefficient (Wildman–Crippen LogP) is 4.61. The van der Waals surface area contributed by atoms with Crippen molar-refractivity contribution >= 4 is 77.8 Å². The number of carbonyl (C=O) groups excluding carboxylic acids is 1. The molecule has 1 amide bonds. The van der Waals surface area contributed by atoms with Crippen LogP contribution in [0.25, 0.3) is 0 Å². The van der Waals surface area contributed by atoms with E-state index < -0.39 is 32.1 Å². The Hall–Kier alpha value is -2.70. The lowest BCUT2D eigenvalue weighted by molar-refractivity contribution is -0.122. The number of fused-ring (bicyclic) bond motifs is 1. The van der Waals surface area contributed by atoms with E-state index in [1.165, 1.54) is 54.6 Å². The van der Waals surface area contributed by atoms with Crippen molar-refractivity contribution in [1.29, 1.82) is 0 Å². The molecule has 190 valence electrons. The number of amides is 1. The second-order valence-electron chi connectivity index (χ2n) is 7.73. The van der Waals surface area contributed by atoms with Gasteiger partial charge in [-0.05, 0) is 54.6 Å². The zero-order valence-electron chi connectivity index (χ0n) is 18.4. The first kappa shape index (κ1) is 26.4. The Bertz CT molecular complexity index is 1550. The maximum absolute atomic E-state index is 12.9. The highest BCUT2D eigenvalue weighted by molar-refractivity contribution is 7.92. The number of sulfonamides is 2. The van der Waals surface area contributed by atoms with Crippen molar-refractivity contribution in [2.75, 3.05) is 27.1 Å². The van der Waals surface area contributed by atoms with Crippen molar-refractivity contribution < 1.29 is 26.4 Å². The first-order valence-electron chi connectivity index (χ1n) is 10.2. The summed E-state index contributed by atoms with van der Waals surface area (Å²) in [5.74, 6) is -0.438. The third-order valence-electron chi connectivity index (χ3n) is 5.11. The Kier molecular flexibility index (Phi) is 7.31. The van der Waals surface area contributed by atoms with Gasteiger partial charge in [-0.3, -0.25) is 13.8 Å². The van der Waals surface area contributed by atoms with Gasteiger partial charge in [0.2, 0.25) is 10.0 Å².